The fraction of sp³-hybridized carbons (Fsp3) is 0.464. The quantitative estimate of drug-likeness (QED) is 0.260. The molecule has 1 saturated heterocycles. The van der Waals surface area contributed by atoms with Crippen LogP contribution in [0.5, 0.6) is 11.5 Å². The van der Waals surface area contributed by atoms with Gasteiger partial charge in [0.2, 0.25) is 0 Å². The van der Waals surface area contributed by atoms with E-state index in [9.17, 15) is 9.59 Å². The summed E-state index contributed by atoms with van der Waals surface area (Å²) in [6.07, 6.45) is 8.06. The molecule has 0 radical (unpaired) electrons. The minimum Gasteiger partial charge on any atom is -0.493 e. The molecule has 4 bridgehead atoms. The van der Waals surface area contributed by atoms with Gasteiger partial charge in [0.05, 0.1) is 26.2 Å². The summed E-state index contributed by atoms with van der Waals surface area (Å²) < 4.78 is 22.4. The predicted molar refractivity (Wildman–Crippen MR) is 144 cm³/mol. The second kappa shape index (κ2) is 9.51. The number of thiocarbonyl (C=S) groups is 1. The lowest BCUT2D eigenvalue weighted by molar-refractivity contribution is -0.130. The lowest BCUT2D eigenvalue weighted by Gasteiger charge is -2.56. The Morgan fingerprint density at radius 1 is 1.05 bits per heavy atom. The smallest absolute Gasteiger partial charge is 0.341 e. The Morgan fingerprint density at radius 2 is 1.76 bits per heavy atom. The Morgan fingerprint density at radius 3 is 2.38 bits per heavy atom. The molecular weight excluding hydrogens is 510 g/mol. The molecule has 1 aromatic heterocycles. The number of furan rings is 1. The third-order valence-corrected chi connectivity index (χ3v) is 9.70. The summed E-state index contributed by atoms with van der Waals surface area (Å²) in [4.78, 5) is 28.4. The number of ether oxygens (including phenoxy) is 3. The molecule has 1 aromatic carbocycles. The zero-order chi connectivity index (χ0) is 25.8. The van der Waals surface area contributed by atoms with Crippen LogP contribution in [0.15, 0.2) is 33.6 Å². The maximum absolute atomic E-state index is 13.6. The summed E-state index contributed by atoms with van der Waals surface area (Å²) in [5, 5.41) is 0. The van der Waals surface area contributed by atoms with Crippen LogP contribution in [0.25, 0.3) is 17.4 Å². The number of esters is 1. The van der Waals surface area contributed by atoms with Gasteiger partial charge in [-0.3, -0.25) is 9.69 Å². The molecule has 194 valence electrons. The monoisotopic (exact) mass is 539 g/mol. The Kier molecular flexibility index (Phi) is 6.31. The number of carbonyl (C=O) groups excluding carboxylic acids is 2. The number of carbonyl (C=O) groups is 2. The van der Waals surface area contributed by atoms with Crippen LogP contribution in [0, 0.1) is 23.7 Å². The van der Waals surface area contributed by atoms with Gasteiger partial charge in [-0.15, -0.1) is 0 Å². The number of methoxy groups -OCH3 is 3. The molecule has 5 aliphatic rings. The van der Waals surface area contributed by atoms with Crippen molar-refractivity contribution in [2.24, 2.45) is 23.7 Å². The highest BCUT2D eigenvalue weighted by Crippen LogP contribution is 2.56. The van der Waals surface area contributed by atoms with Gasteiger partial charge in [0.25, 0.3) is 5.91 Å². The predicted octanol–water partition coefficient (Wildman–Crippen LogP) is 5.78. The van der Waals surface area contributed by atoms with Crippen LogP contribution in [-0.2, 0) is 9.53 Å². The normalized spacial score (nSPS) is 29.3. The van der Waals surface area contributed by atoms with E-state index in [0.717, 1.165) is 11.8 Å². The van der Waals surface area contributed by atoms with Crippen molar-refractivity contribution >= 4 is 46.3 Å². The van der Waals surface area contributed by atoms with Gasteiger partial charge in [0.1, 0.15) is 21.4 Å². The van der Waals surface area contributed by atoms with Gasteiger partial charge >= 0.3 is 5.97 Å². The van der Waals surface area contributed by atoms with E-state index in [1.165, 1.54) is 65.2 Å². The molecule has 4 aliphatic carbocycles. The minimum absolute atomic E-state index is 0.00971. The van der Waals surface area contributed by atoms with Crippen molar-refractivity contribution < 1.29 is 28.2 Å². The van der Waals surface area contributed by atoms with Crippen LogP contribution in [0.3, 0.4) is 0 Å². The van der Waals surface area contributed by atoms with Gasteiger partial charge in [-0.25, -0.2) is 4.79 Å². The zero-order valence-electron chi connectivity index (χ0n) is 21.0. The lowest BCUT2D eigenvalue weighted by Crippen LogP contribution is -2.57. The summed E-state index contributed by atoms with van der Waals surface area (Å²) >= 11 is 7.08. The first-order chi connectivity index (χ1) is 17.9. The highest BCUT2D eigenvalue weighted by atomic mass is 32.2. The van der Waals surface area contributed by atoms with Gasteiger partial charge in [-0.05, 0) is 80.0 Å². The molecule has 0 N–H and O–H groups in total. The molecule has 9 heteroatoms. The van der Waals surface area contributed by atoms with E-state index in [2.05, 4.69) is 0 Å². The molecule has 5 fully saturated rings. The molecule has 1 aliphatic heterocycles. The Balaban J connectivity index is 1.27. The molecule has 4 saturated carbocycles. The molecule has 0 unspecified atom stereocenters. The average Bonchev–Trinajstić information content (AvgIpc) is 3.46. The molecule has 7 nitrogen and oxygen atoms in total. The standard InChI is InChI=1S/C28H29NO6S2/c1-32-22-12-16(11-20(25(22)33-2)27(31)34-3)21-5-4-19(35-21)13-23-26(30)29(28(36)37-23)24-17-7-14-6-15(9-17)10-18(24)8-14/h4-5,11-15,17-18,24H,6-10H2,1-3H3/b23-13-. The number of thioether (sulfide) groups is 1. The van der Waals surface area contributed by atoms with Gasteiger partial charge in [-0.1, -0.05) is 24.0 Å². The van der Waals surface area contributed by atoms with Gasteiger partial charge in [0, 0.05) is 17.7 Å². The van der Waals surface area contributed by atoms with Crippen molar-refractivity contribution in [2.45, 2.75) is 38.1 Å². The molecule has 0 atom stereocenters. The summed E-state index contributed by atoms with van der Waals surface area (Å²) in [6.45, 7) is 0. The summed E-state index contributed by atoms with van der Waals surface area (Å²) in [7, 11) is 4.28. The third kappa shape index (κ3) is 4.16. The van der Waals surface area contributed by atoms with Crippen molar-refractivity contribution in [3.8, 4) is 22.8 Å². The fourth-order valence-electron chi connectivity index (χ4n) is 7.14. The van der Waals surface area contributed by atoms with Crippen molar-refractivity contribution in [3.63, 3.8) is 0 Å². The van der Waals surface area contributed by atoms with E-state index in [1.54, 1.807) is 30.3 Å². The molecule has 2 heterocycles. The molecular formula is C28H29NO6S2. The highest BCUT2D eigenvalue weighted by molar-refractivity contribution is 8.26. The summed E-state index contributed by atoms with van der Waals surface area (Å²) in [5.74, 6) is 4.00. The van der Waals surface area contributed by atoms with Crippen molar-refractivity contribution in [1.29, 1.82) is 0 Å². The number of rotatable bonds is 6. The Labute approximate surface area is 225 Å². The maximum atomic E-state index is 13.6. The van der Waals surface area contributed by atoms with E-state index in [4.69, 9.17) is 30.8 Å². The van der Waals surface area contributed by atoms with Gasteiger partial charge in [0.15, 0.2) is 11.5 Å². The molecule has 37 heavy (non-hydrogen) atoms. The molecule has 2 aromatic rings. The van der Waals surface area contributed by atoms with Crippen molar-refractivity contribution in [2.75, 3.05) is 21.3 Å². The molecule has 1 amide bonds. The largest absolute Gasteiger partial charge is 0.493 e. The SMILES string of the molecule is COC(=O)c1cc(-c2ccc(/C=C3\SC(=S)N(C4C5CC6CC(C5)CC4C6)C3=O)o2)cc(OC)c1OC. The van der Waals surface area contributed by atoms with Crippen LogP contribution in [0.4, 0.5) is 0 Å². The molecule has 0 spiro atoms. The topological polar surface area (TPSA) is 78.2 Å². The van der Waals surface area contributed by atoms with E-state index in [0.29, 0.717) is 49.6 Å². The van der Waals surface area contributed by atoms with Crippen LogP contribution in [0.1, 0.15) is 48.2 Å². The number of hydrogen-bond donors (Lipinski definition) is 0. The first-order valence-electron chi connectivity index (χ1n) is 12.6. The number of hydrogen-bond acceptors (Lipinski definition) is 8. The van der Waals surface area contributed by atoms with Crippen LogP contribution in [-0.4, -0.2) is 48.5 Å². The third-order valence-electron chi connectivity index (χ3n) is 8.37. The summed E-state index contributed by atoms with van der Waals surface area (Å²) in [5.41, 5.74) is 0.854. The minimum atomic E-state index is -0.544. The van der Waals surface area contributed by atoms with E-state index in [1.807, 2.05) is 4.90 Å². The second-order valence-corrected chi connectivity index (χ2v) is 12.1. The maximum Gasteiger partial charge on any atom is 0.341 e. The van der Waals surface area contributed by atoms with Crippen molar-refractivity contribution in [1.82, 2.24) is 4.90 Å². The first-order valence-corrected chi connectivity index (χ1v) is 13.8. The average molecular weight is 540 g/mol. The number of amides is 1. The first kappa shape index (κ1) is 24.6. The zero-order valence-corrected chi connectivity index (χ0v) is 22.7. The summed E-state index contributed by atoms with van der Waals surface area (Å²) in [6, 6.07) is 7.22. The van der Waals surface area contributed by atoms with Crippen molar-refractivity contribution in [3.05, 3.63) is 40.5 Å². The van der Waals surface area contributed by atoms with Crippen LogP contribution < -0.4 is 9.47 Å². The highest BCUT2D eigenvalue weighted by Gasteiger charge is 2.53. The van der Waals surface area contributed by atoms with E-state index < -0.39 is 5.97 Å². The van der Waals surface area contributed by atoms with Crippen LogP contribution >= 0.6 is 24.0 Å². The lowest BCUT2D eigenvalue weighted by atomic mass is 9.54. The molecule has 7 rings (SSSR count). The van der Waals surface area contributed by atoms with E-state index >= 15 is 0 Å². The van der Waals surface area contributed by atoms with E-state index in [-0.39, 0.29) is 17.5 Å². The Bertz CT molecular complexity index is 1290. The number of benzene rings is 1. The van der Waals surface area contributed by atoms with Gasteiger partial charge in [-0.2, -0.15) is 0 Å². The number of nitrogens with zero attached hydrogens (tertiary/aromatic N) is 1. The van der Waals surface area contributed by atoms with Gasteiger partial charge < -0.3 is 18.6 Å². The fourth-order valence-corrected chi connectivity index (χ4v) is 8.46. The Hall–Kier alpha value is -2.78. The second-order valence-electron chi connectivity index (χ2n) is 10.4. The van der Waals surface area contributed by atoms with Crippen LogP contribution in [0.2, 0.25) is 0 Å².